The average Bonchev–Trinajstić information content (AvgIpc) is 2.68. The van der Waals surface area contributed by atoms with Gasteiger partial charge in [0.05, 0.1) is 5.75 Å². The number of rotatable bonds is 3. The van der Waals surface area contributed by atoms with E-state index in [1.165, 1.54) is 23.3 Å². The molecule has 21 heavy (non-hydrogen) atoms. The molecule has 0 saturated carbocycles. The molecule has 2 N–H and O–H groups in total. The van der Waals surface area contributed by atoms with Crippen LogP contribution < -0.4 is 5.73 Å². The molecular weight excluding hydrogens is 278 g/mol. The fraction of sp³-hybridized carbons (Fsp3) is 0.412. The van der Waals surface area contributed by atoms with E-state index in [1.807, 2.05) is 6.20 Å². The largest absolute Gasteiger partial charge is 0.324 e. The van der Waals surface area contributed by atoms with Crippen molar-refractivity contribution in [2.45, 2.75) is 49.3 Å². The number of nitrogens with zero attached hydrogens (tertiary/aromatic N) is 2. The number of thioether (sulfide) groups is 1. The molecular formula is C17H21N3S. The lowest BCUT2D eigenvalue weighted by Crippen LogP contribution is -2.13. The second kappa shape index (κ2) is 6.58. The number of aryl methyl sites for hydroxylation is 2. The van der Waals surface area contributed by atoms with Gasteiger partial charge in [0, 0.05) is 28.4 Å². The molecule has 1 heterocycles. The molecule has 1 aromatic heterocycles. The van der Waals surface area contributed by atoms with Gasteiger partial charge in [0.25, 0.3) is 0 Å². The molecule has 0 radical (unpaired) electrons. The van der Waals surface area contributed by atoms with E-state index in [-0.39, 0.29) is 6.04 Å². The van der Waals surface area contributed by atoms with Gasteiger partial charge < -0.3 is 5.73 Å². The summed E-state index contributed by atoms with van der Waals surface area (Å²) < 4.78 is 0. The van der Waals surface area contributed by atoms with Crippen molar-refractivity contribution in [3.05, 3.63) is 53.1 Å². The summed E-state index contributed by atoms with van der Waals surface area (Å²) in [7, 11) is 0. The summed E-state index contributed by atoms with van der Waals surface area (Å²) in [5, 5.41) is 0. The van der Waals surface area contributed by atoms with Gasteiger partial charge in [-0.2, -0.15) is 0 Å². The van der Waals surface area contributed by atoms with Gasteiger partial charge in [-0.15, -0.1) is 11.8 Å². The number of hydrogen-bond acceptors (Lipinski definition) is 4. The second-order valence-electron chi connectivity index (χ2n) is 5.59. The van der Waals surface area contributed by atoms with Crippen molar-refractivity contribution < 1.29 is 0 Å². The van der Waals surface area contributed by atoms with Crippen molar-refractivity contribution in [2.75, 3.05) is 0 Å². The van der Waals surface area contributed by atoms with Crippen LogP contribution in [-0.4, -0.2) is 9.97 Å². The van der Waals surface area contributed by atoms with Crippen LogP contribution in [-0.2, 0) is 12.2 Å². The fourth-order valence-corrected chi connectivity index (χ4v) is 3.61. The van der Waals surface area contributed by atoms with Crippen LogP contribution in [0.5, 0.6) is 0 Å². The highest BCUT2D eigenvalue weighted by Gasteiger charge is 2.17. The smallest absolute Gasteiger partial charge is 0.138 e. The van der Waals surface area contributed by atoms with Gasteiger partial charge in [0.2, 0.25) is 0 Å². The Morgan fingerprint density at radius 2 is 2.14 bits per heavy atom. The van der Waals surface area contributed by atoms with Crippen LogP contribution >= 0.6 is 11.8 Å². The molecule has 0 saturated heterocycles. The van der Waals surface area contributed by atoms with Crippen molar-refractivity contribution in [3.63, 3.8) is 0 Å². The molecule has 0 spiro atoms. The van der Waals surface area contributed by atoms with E-state index in [4.69, 9.17) is 10.7 Å². The van der Waals surface area contributed by atoms with Gasteiger partial charge >= 0.3 is 0 Å². The Morgan fingerprint density at radius 3 is 3.00 bits per heavy atom. The minimum Gasteiger partial charge on any atom is -0.324 e. The molecule has 4 heteroatoms. The number of benzene rings is 1. The lowest BCUT2D eigenvalue weighted by Gasteiger charge is -2.12. The van der Waals surface area contributed by atoms with Gasteiger partial charge in [-0.1, -0.05) is 24.6 Å². The molecule has 1 aliphatic carbocycles. The summed E-state index contributed by atoms with van der Waals surface area (Å²) >= 11 is 1.80. The van der Waals surface area contributed by atoms with E-state index in [9.17, 15) is 0 Å². The van der Waals surface area contributed by atoms with Gasteiger partial charge in [-0.25, -0.2) is 9.97 Å². The fourth-order valence-electron chi connectivity index (χ4n) is 2.72. The van der Waals surface area contributed by atoms with E-state index < -0.39 is 0 Å². The Kier molecular flexibility index (Phi) is 4.56. The normalized spacial score (nSPS) is 18.1. The van der Waals surface area contributed by atoms with Crippen LogP contribution in [0.25, 0.3) is 0 Å². The Balaban J connectivity index is 1.75. The maximum atomic E-state index is 6.20. The standard InChI is InChI=1S/C17H21N3S/c1-12-6-2-5-9-16(12)21-11-17-19-10-13-14(18)7-3-4-8-15(13)20-17/h2,5-6,9-10,14H,3-4,7-8,11,18H2,1H3. The van der Waals surface area contributed by atoms with Gasteiger partial charge in [0.1, 0.15) is 5.82 Å². The molecule has 0 aliphatic heterocycles. The molecule has 2 aromatic rings. The zero-order chi connectivity index (χ0) is 14.7. The summed E-state index contributed by atoms with van der Waals surface area (Å²) in [6.07, 6.45) is 6.40. The molecule has 3 rings (SSSR count). The van der Waals surface area contributed by atoms with Crippen LogP contribution in [0.4, 0.5) is 0 Å². The topological polar surface area (TPSA) is 51.8 Å². The molecule has 110 valence electrons. The summed E-state index contributed by atoms with van der Waals surface area (Å²) in [4.78, 5) is 10.6. The van der Waals surface area contributed by atoms with E-state index in [2.05, 4.69) is 36.2 Å². The third kappa shape index (κ3) is 3.44. The van der Waals surface area contributed by atoms with E-state index >= 15 is 0 Å². The van der Waals surface area contributed by atoms with Gasteiger partial charge in [0.15, 0.2) is 0 Å². The Morgan fingerprint density at radius 1 is 1.29 bits per heavy atom. The number of nitrogens with two attached hydrogens (primary N) is 1. The highest BCUT2D eigenvalue weighted by molar-refractivity contribution is 7.98. The molecule has 3 nitrogen and oxygen atoms in total. The minimum absolute atomic E-state index is 0.112. The molecule has 1 aromatic carbocycles. The summed E-state index contributed by atoms with van der Waals surface area (Å²) in [5.74, 6) is 1.73. The zero-order valence-corrected chi connectivity index (χ0v) is 13.2. The second-order valence-corrected chi connectivity index (χ2v) is 6.61. The van der Waals surface area contributed by atoms with Crippen LogP contribution in [0.2, 0.25) is 0 Å². The van der Waals surface area contributed by atoms with E-state index in [0.717, 1.165) is 35.7 Å². The Bertz CT molecular complexity index is 627. The monoisotopic (exact) mass is 299 g/mol. The van der Waals surface area contributed by atoms with Crippen molar-refractivity contribution in [2.24, 2.45) is 5.73 Å². The first-order chi connectivity index (χ1) is 10.2. The maximum Gasteiger partial charge on any atom is 0.138 e. The number of fused-ring (bicyclic) bond motifs is 1. The SMILES string of the molecule is Cc1ccccc1SCc1ncc2c(n1)CCCCC2N. The number of aromatic nitrogens is 2. The van der Waals surface area contributed by atoms with Crippen LogP contribution in [0.1, 0.15) is 47.9 Å². The van der Waals surface area contributed by atoms with Crippen LogP contribution in [0, 0.1) is 6.92 Å². The van der Waals surface area contributed by atoms with Crippen molar-refractivity contribution >= 4 is 11.8 Å². The van der Waals surface area contributed by atoms with Crippen LogP contribution in [0.3, 0.4) is 0 Å². The first-order valence-electron chi connectivity index (χ1n) is 7.53. The lowest BCUT2D eigenvalue weighted by atomic mass is 10.1. The third-order valence-corrected chi connectivity index (χ3v) is 5.15. The summed E-state index contributed by atoms with van der Waals surface area (Å²) in [5.41, 5.74) is 9.81. The predicted octanol–water partition coefficient (Wildman–Crippen LogP) is 3.80. The minimum atomic E-state index is 0.112. The highest BCUT2D eigenvalue weighted by atomic mass is 32.2. The molecule has 0 bridgehead atoms. The molecule has 1 unspecified atom stereocenters. The first-order valence-corrected chi connectivity index (χ1v) is 8.51. The predicted molar refractivity (Wildman–Crippen MR) is 87.3 cm³/mol. The zero-order valence-electron chi connectivity index (χ0n) is 12.4. The Labute approximate surface area is 130 Å². The Hall–Kier alpha value is -1.39. The van der Waals surface area contributed by atoms with Crippen molar-refractivity contribution in [3.8, 4) is 0 Å². The maximum absolute atomic E-state index is 6.20. The lowest BCUT2D eigenvalue weighted by molar-refractivity contribution is 0.614. The van der Waals surface area contributed by atoms with Gasteiger partial charge in [-0.3, -0.25) is 0 Å². The quantitative estimate of drug-likeness (QED) is 0.692. The molecule has 0 amide bonds. The third-order valence-electron chi connectivity index (χ3n) is 3.98. The van der Waals surface area contributed by atoms with Crippen molar-refractivity contribution in [1.29, 1.82) is 0 Å². The highest BCUT2D eigenvalue weighted by Crippen LogP contribution is 2.27. The molecule has 0 fully saturated rings. The van der Waals surface area contributed by atoms with E-state index in [0.29, 0.717) is 0 Å². The molecule has 1 atom stereocenters. The van der Waals surface area contributed by atoms with Crippen molar-refractivity contribution in [1.82, 2.24) is 9.97 Å². The van der Waals surface area contributed by atoms with Crippen LogP contribution in [0.15, 0.2) is 35.4 Å². The van der Waals surface area contributed by atoms with Gasteiger partial charge in [-0.05, 0) is 37.8 Å². The number of hydrogen-bond donors (Lipinski definition) is 1. The first kappa shape index (κ1) is 14.5. The molecule has 1 aliphatic rings. The summed E-state index contributed by atoms with van der Waals surface area (Å²) in [6.45, 7) is 2.14. The van der Waals surface area contributed by atoms with E-state index in [1.54, 1.807) is 11.8 Å². The average molecular weight is 299 g/mol. The summed E-state index contributed by atoms with van der Waals surface area (Å²) in [6, 6.07) is 8.55.